The molecule has 24 heavy (non-hydrogen) atoms. The number of amides is 4. The highest BCUT2D eigenvalue weighted by molar-refractivity contribution is 6.04. The molecule has 2 aliphatic heterocycles. The number of pyridine rings is 1. The van der Waals surface area contributed by atoms with Gasteiger partial charge in [-0.05, 0) is 18.6 Å². The SMILES string of the molecule is O=C1NC(=O)[C@H](CCC(=O)N2CCC(Oc3ccncc3)CC2)N1. The highest BCUT2D eigenvalue weighted by atomic mass is 16.5. The maximum atomic E-state index is 12.2. The van der Waals surface area contributed by atoms with Gasteiger partial charge in [-0.2, -0.15) is 0 Å². The Morgan fingerprint density at radius 3 is 2.58 bits per heavy atom. The van der Waals surface area contributed by atoms with E-state index < -0.39 is 12.1 Å². The molecule has 0 saturated carbocycles. The first-order chi connectivity index (χ1) is 11.6. The number of rotatable bonds is 5. The fourth-order valence-electron chi connectivity index (χ4n) is 2.92. The Hall–Kier alpha value is -2.64. The van der Waals surface area contributed by atoms with Crippen molar-refractivity contribution in [2.75, 3.05) is 13.1 Å². The highest BCUT2D eigenvalue weighted by Gasteiger charge is 2.31. The van der Waals surface area contributed by atoms with Gasteiger partial charge >= 0.3 is 6.03 Å². The van der Waals surface area contributed by atoms with Crippen LogP contribution in [-0.4, -0.2) is 53.0 Å². The lowest BCUT2D eigenvalue weighted by Gasteiger charge is -2.32. The Morgan fingerprint density at radius 2 is 1.96 bits per heavy atom. The number of hydrogen-bond donors (Lipinski definition) is 2. The summed E-state index contributed by atoms with van der Waals surface area (Å²) in [6.07, 6.45) is 5.58. The number of hydrogen-bond acceptors (Lipinski definition) is 5. The fraction of sp³-hybridized carbons (Fsp3) is 0.500. The molecular weight excluding hydrogens is 312 g/mol. The number of imide groups is 1. The molecule has 8 nitrogen and oxygen atoms in total. The van der Waals surface area contributed by atoms with Crippen LogP contribution in [0.2, 0.25) is 0 Å². The van der Waals surface area contributed by atoms with Crippen molar-refractivity contribution >= 4 is 17.8 Å². The minimum absolute atomic E-state index is 0.00584. The van der Waals surface area contributed by atoms with Gasteiger partial charge in [0, 0.05) is 44.7 Å². The lowest BCUT2D eigenvalue weighted by atomic mass is 10.1. The van der Waals surface area contributed by atoms with E-state index in [0.717, 1.165) is 18.6 Å². The second-order valence-electron chi connectivity index (χ2n) is 5.93. The summed E-state index contributed by atoms with van der Waals surface area (Å²) in [5.41, 5.74) is 0. The van der Waals surface area contributed by atoms with Gasteiger partial charge in [0.2, 0.25) is 5.91 Å². The quantitative estimate of drug-likeness (QED) is 0.762. The first-order valence-corrected chi connectivity index (χ1v) is 8.07. The average molecular weight is 332 g/mol. The summed E-state index contributed by atoms with van der Waals surface area (Å²) in [5, 5.41) is 4.67. The Morgan fingerprint density at radius 1 is 1.25 bits per heavy atom. The molecule has 2 aliphatic rings. The standard InChI is InChI=1S/C16H20N4O4/c21-14(2-1-13-15(22)19-16(23)18-13)20-9-5-12(6-10-20)24-11-3-7-17-8-4-11/h3-4,7-8,12-13H,1-2,5-6,9-10H2,(H2,18,19,22,23)/t13-/m0/s1. The molecular formula is C16H20N4O4. The van der Waals surface area contributed by atoms with E-state index in [1.54, 1.807) is 17.3 Å². The molecule has 0 aromatic carbocycles. The van der Waals surface area contributed by atoms with Crippen molar-refractivity contribution in [3.05, 3.63) is 24.5 Å². The van der Waals surface area contributed by atoms with E-state index in [4.69, 9.17) is 4.74 Å². The highest BCUT2D eigenvalue weighted by Crippen LogP contribution is 2.19. The van der Waals surface area contributed by atoms with Gasteiger partial charge in [-0.1, -0.05) is 0 Å². The molecule has 0 bridgehead atoms. The lowest BCUT2D eigenvalue weighted by molar-refractivity contribution is -0.133. The molecule has 0 radical (unpaired) electrons. The summed E-state index contributed by atoms with van der Waals surface area (Å²) in [5.74, 6) is 0.432. The second kappa shape index (κ2) is 7.29. The van der Waals surface area contributed by atoms with E-state index in [1.165, 1.54) is 0 Å². The van der Waals surface area contributed by atoms with Gasteiger partial charge in [0.25, 0.3) is 5.91 Å². The molecule has 0 unspecified atom stereocenters. The topological polar surface area (TPSA) is 101 Å². The summed E-state index contributed by atoms with van der Waals surface area (Å²) in [6, 6.07) is 2.54. The van der Waals surface area contributed by atoms with Crippen molar-refractivity contribution in [3.63, 3.8) is 0 Å². The van der Waals surface area contributed by atoms with Crippen LogP contribution in [0.3, 0.4) is 0 Å². The summed E-state index contributed by atoms with van der Waals surface area (Å²) < 4.78 is 5.87. The summed E-state index contributed by atoms with van der Waals surface area (Å²) in [7, 11) is 0. The minimum Gasteiger partial charge on any atom is -0.490 e. The van der Waals surface area contributed by atoms with Gasteiger partial charge in [-0.3, -0.25) is 19.9 Å². The molecule has 8 heteroatoms. The van der Waals surface area contributed by atoms with Crippen molar-refractivity contribution in [1.82, 2.24) is 20.5 Å². The molecule has 3 rings (SSSR count). The summed E-state index contributed by atoms with van der Waals surface area (Å²) in [6.45, 7) is 1.27. The molecule has 1 aromatic heterocycles. The van der Waals surface area contributed by atoms with Crippen LogP contribution in [0, 0.1) is 0 Å². The Kier molecular flexibility index (Phi) is 4.93. The number of nitrogens with zero attached hydrogens (tertiary/aromatic N) is 2. The molecule has 1 aromatic rings. The minimum atomic E-state index is -0.603. The van der Waals surface area contributed by atoms with Crippen LogP contribution in [0.4, 0.5) is 4.79 Å². The first kappa shape index (κ1) is 16.2. The molecule has 2 fully saturated rings. The third-order valence-corrected chi connectivity index (χ3v) is 4.25. The predicted octanol–water partition coefficient (Wildman–Crippen LogP) is 0.440. The molecule has 2 saturated heterocycles. The van der Waals surface area contributed by atoms with Crippen LogP contribution in [0.15, 0.2) is 24.5 Å². The smallest absolute Gasteiger partial charge is 0.322 e. The van der Waals surface area contributed by atoms with E-state index in [9.17, 15) is 14.4 Å². The number of aromatic nitrogens is 1. The van der Waals surface area contributed by atoms with Crippen LogP contribution < -0.4 is 15.4 Å². The summed E-state index contributed by atoms with van der Waals surface area (Å²) in [4.78, 5) is 40.5. The van der Waals surface area contributed by atoms with Gasteiger partial charge in [0.05, 0.1) is 0 Å². The number of carbonyl (C=O) groups excluding carboxylic acids is 3. The number of carbonyl (C=O) groups is 3. The Labute approximate surface area is 139 Å². The zero-order valence-corrected chi connectivity index (χ0v) is 13.2. The second-order valence-corrected chi connectivity index (χ2v) is 5.93. The average Bonchev–Trinajstić information content (AvgIpc) is 2.92. The number of likely N-dealkylation sites (tertiary alicyclic amines) is 1. The van der Waals surface area contributed by atoms with Gasteiger partial charge in [-0.25, -0.2) is 4.79 Å². The van der Waals surface area contributed by atoms with Gasteiger partial charge in [0.15, 0.2) is 0 Å². The Bertz CT molecular complexity index is 614. The molecule has 0 aliphatic carbocycles. The fourth-order valence-corrected chi connectivity index (χ4v) is 2.92. The van der Waals surface area contributed by atoms with Crippen molar-refractivity contribution in [3.8, 4) is 5.75 Å². The largest absolute Gasteiger partial charge is 0.490 e. The van der Waals surface area contributed by atoms with Crippen molar-refractivity contribution in [2.45, 2.75) is 37.8 Å². The predicted molar refractivity (Wildman–Crippen MR) is 84.2 cm³/mol. The molecule has 128 valence electrons. The van der Waals surface area contributed by atoms with Crippen LogP contribution in [0.5, 0.6) is 5.75 Å². The van der Waals surface area contributed by atoms with Gasteiger partial charge < -0.3 is 15.0 Å². The Balaban J connectivity index is 1.40. The van der Waals surface area contributed by atoms with Gasteiger partial charge in [-0.15, -0.1) is 0 Å². The maximum absolute atomic E-state index is 12.2. The summed E-state index contributed by atoms with van der Waals surface area (Å²) >= 11 is 0. The molecule has 3 heterocycles. The van der Waals surface area contributed by atoms with E-state index in [2.05, 4.69) is 15.6 Å². The van der Waals surface area contributed by atoms with Gasteiger partial charge in [0.1, 0.15) is 17.9 Å². The van der Waals surface area contributed by atoms with Crippen LogP contribution in [0.1, 0.15) is 25.7 Å². The molecule has 2 N–H and O–H groups in total. The zero-order valence-electron chi connectivity index (χ0n) is 13.2. The number of ether oxygens (including phenoxy) is 1. The van der Waals surface area contributed by atoms with E-state index >= 15 is 0 Å². The van der Waals surface area contributed by atoms with Crippen molar-refractivity contribution in [2.24, 2.45) is 0 Å². The van der Waals surface area contributed by atoms with Crippen LogP contribution in [0.25, 0.3) is 0 Å². The van der Waals surface area contributed by atoms with E-state index in [0.29, 0.717) is 19.5 Å². The molecule has 1 atom stereocenters. The first-order valence-electron chi connectivity index (χ1n) is 8.07. The number of nitrogens with one attached hydrogen (secondary N) is 2. The van der Waals surface area contributed by atoms with Crippen LogP contribution >= 0.6 is 0 Å². The van der Waals surface area contributed by atoms with Crippen molar-refractivity contribution in [1.29, 1.82) is 0 Å². The maximum Gasteiger partial charge on any atom is 0.322 e. The van der Waals surface area contributed by atoms with E-state index in [1.807, 2.05) is 12.1 Å². The molecule has 4 amide bonds. The lowest BCUT2D eigenvalue weighted by Crippen LogP contribution is -2.42. The number of piperidine rings is 1. The van der Waals surface area contributed by atoms with Crippen LogP contribution in [-0.2, 0) is 9.59 Å². The third kappa shape index (κ3) is 4.01. The molecule has 0 spiro atoms. The number of urea groups is 1. The monoisotopic (exact) mass is 332 g/mol. The van der Waals surface area contributed by atoms with E-state index in [-0.39, 0.29) is 24.3 Å². The normalized spacial score (nSPS) is 21.3. The van der Waals surface area contributed by atoms with Crippen molar-refractivity contribution < 1.29 is 19.1 Å². The zero-order chi connectivity index (χ0) is 16.9. The third-order valence-electron chi connectivity index (χ3n) is 4.25.